The van der Waals surface area contributed by atoms with E-state index in [1.165, 1.54) is 0 Å². The number of hydrogen-bond acceptors (Lipinski definition) is 3. The van der Waals surface area contributed by atoms with Crippen LogP contribution in [0.4, 0.5) is 0 Å². The van der Waals surface area contributed by atoms with Crippen LogP contribution in [0, 0.1) is 26.7 Å². The van der Waals surface area contributed by atoms with Crippen molar-refractivity contribution in [2.24, 2.45) is 5.92 Å². The predicted molar refractivity (Wildman–Crippen MR) is 120 cm³/mol. The monoisotopic (exact) mass is 415 g/mol. The second-order valence-electron chi connectivity index (χ2n) is 8.19. The maximum absolute atomic E-state index is 13.2. The lowest BCUT2D eigenvalue weighted by Crippen LogP contribution is -2.44. The highest BCUT2D eigenvalue weighted by molar-refractivity contribution is 7.89. The third-order valence-corrected chi connectivity index (χ3v) is 6.63. The quantitative estimate of drug-likeness (QED) is 0.594. The summed E-state index contributed by atoms with van der Waals surface area (Å²) in [5.41, 5.74) is 3.40. The van der Waals surface area contributed by atoms with Crippen molar-refractivity contribution < 1.29 is 13.5 Å². The van der Waals surface area contributed by atoms with E-state index in [0.717, 1.165) is 17.5 Å². The van der Waals surface area contributed by atoms with Crippen LogP contribution in [0.5, 0.6) is 0 Å². The Hall–Kier alpha value is -1.95. The number of sulfonamides is 1. The van der Waals surface area contributed by atoms with Gasteiger partial charge in [0.25, 0.3) is 0 Å². The Morgan fingerprint density at radius 2 is 1.62 bits per heavy atom. The van der Waals surface area contributed by atoms with Gasteiger partial charge in [-0.3, -0.25) is 0 Å². The normalized spacial score (nSPS) is 14.4. The highest BCUT2D eigenvalue weighted by atomic mass is 32.2. The number of aliphatic hydroxyl groups is 1. The van der Waals surface area contributed by atoms with E-state index in [1.807, 2.05) is 55.5 Å². The number of rotatable bonds is 9. The molecule has 2 aromatic carbocycles. The molecule has 0 aromatic heterocycles. The lowest BCUT2D eigenvalue weighted by molar-refractivity contribution is 0.182. The third-order valence-electron chi connectivity index (χ3n) is 4.83. The van der Waals surface area contributed by atoms with Crippen molar-refractivity contribution in [2.75, 3.05) is 0 Å². The number of nitrogens with one attached hydrogen (secondary N) is 1. The molecule has 0 amide bonds. The molecular weight excluding hydrogens is 382 g/mol. The topological polar surface area (TPSA) is 66.4 Å². The summed E-state index contributed by atoms with van der Waals surface area (Å²) in [6, 6.07) is 12.7. The Kier molecular flexibility index (Phi) is 8.20. The lowest BCUT2D eigenvalue weighted by Gasteiger charge is -2.24. The van der Waals surface area contributed by atoms with Crippen molar-refractivity contribution in [1.82, 2.24) is 4.72 Å². The first-order valence-corrected chi connectivity index (χ1v) is 11.6. The van der Waals surface area contributed by atoms with Crippen LogP contribution in [0.3, 0.4) is 0 Å². The summed E-state index contributed by atoms with van der Waals surface area (Å²) in [5.74, 6) is 0.473. The number of benzene rings is 2. The highest BCUT2D eigenvalue weighted by Gasteiger charge is 2.27. The fraction of sp³-hybridized carbons (Fsp3) is 0.417. The Morgan fingerprint density at radius 1 is 1.03 bits per heavy atom. The van der Waals surface area contributed by atoms with Gasteiger partial charge in [-0.15, -0.1) is 0 Å². The molecule has 2 N–H and O–H groups in total. The van der Waals surface area contributed by atoms with Crippen molar-refractivity contribution in [2.45, 2.75) is 64.5 Å². The fourth-order valence-corrected chi connectivity index (χ4v) is 5.28. The van der Waals surface area contributed by atoms with E-state index in [9.17, 15) is 13.5 Å². The van der Waals surface area contributed by atoms with Crippen LogP contribution >= 0.6 is 0 Å². The summed E-state index contributed by atoms with van der Waals surface area (Å²) >= 11 is 0. The molecule has 4 nitrogen and oxygen atoms in total. The molecular formula is C24H33NO3S. The lowest BCUT2D eigenvalue weighted by atomic mass is 10.0. The minimum Gasteiger partial charge on any atom is -0.387 e. The first-order valence-electron chi connectivity index (χ1n) is 10.1. The van der Waals surface area contributed by atoms with Gasteiger partial charge in [-0.1, -0.05) is 74.0 Å². The standard InChI is InChI=1S/C24H33NO3S/c1-17(2)10-9-13-23(26)22(16-21-11-7-6-8-12-21)25-29(27,28)24-19(4)14-18(3)15-20(24)5/h6-9,11-15,17,22-23,25-26H,10,16H2,1-5H3/b13-9+/t22-,23-/m1/s1. The van der Waals surface area contributed by atoms with Crippen LogP contribution in [0.25, 0.3) is 0 Å². The van der Waals surface area contributed by atoms with E-state index in [2.05, 4.69) is 18.6 Å². The Bertz CT molecular complexity index is 911. The van der Waals surface area contributed by atoms with Gasteiger partial charge in [0.05, 0.1) is 17.0 Å². The molecule has 5 heteroatoms. The second kappa shape index (κ2) is 10.2. The van der Waals surface area contributed by atoms with Gasteiger partial charge in [0.2, 0.25) is 10.0 Å². The van der Waals surface area contributed by atoms with Crippen molar-refractivity contribution in [1.29, 1.82) is 0 Å². The van der Waals surface area contributed by atoms with Crippen molar-refractivity contribution in [3.8, 4) is 0 Å². The molecule has 0 heterocycles. The van der Waals surface area contributed by atoms with Gasteiger partial charge in [0.15, 0.2) is 0 Å². The molecule has 0 aliphatic rings. The van der Waals surface area contributed by atoms with Gasteiger partial charge >= 0.3 is 0 Å². The minimum absolute atomic E-state index is 0.291. The summed E-state index contributed by atoms with van der Waals surface area (Å²) in [6.45, 7) is 9.76. The van der Waals surface area contributed by atoms with Crippen LogP contribution < -0.4 is 4.72 Å². The summed E-state index contributed by atoms with van der Waals surface area (Å²) < 4.78 is 29.2. The number of allylic oxidation sites excluding steroid dienone is 1. The number of hydrogen-bond donors (Lipinski definition) is 2. The highest BCUT2D eigenvalue weighted by Crippen LogP contribution is 2.23. The van der Waals surface area contributed by atoms with E-state index >= 15 is 0 Å². The predicted octanol–water partition coefficient (Wildman–Crippen LogP) is 4.46. The van der Waals surface area contributed by atoms with Crippen molar-refractivity contribution >= 4 is 10.0 Å². The molecule has 2 atom stereocenters. The molecule has 2 rings (SSSR count). The molecule has 158 valence electrons. The molecule has 0 saturated carbocycles. The van der Waals surface area contributed by atoms with Crippen molar-refractivity contribution in [3.05, 3.63) is 76.9 Å². The van der Waals surface area contributed by atoms with Gasteiger partial charge in [0.1, 0.15) is 0 Å². The van der Waals surface area contributed by atoms with E-state index in [-0.39, 0.29) is 0 Å². The summed E-state index contributed by atoms with van der Waals surface area (Å²) in [6.07, 6.45) is 3.93. The molecule has 0 bridgehead atoms. The Balaban J connectivity index is 2.34. The van der Waals surface area contributed by atoms with Crippen molar-refractivity contribution in [3.63, 3.8) is 0 Å². The molecule has 0 aliphatic carbocycles. The van der Waals surface area contributed by atoms with E-state index in [0.29, 0.717) is 28.4 Å². The third kappa shape index (κ3) is 6.81. The van der Waals surface area contributed by atoms with Gasteiger partial charge < -0.3 is 5.11 Å². The average Bonchev–Trinajstić information content (AvgIpc) is 2.60. The maximum atomic E-state index is 13.2. The average molecular weight is 416 g/mol. The number of aryl methyl sites for hydroxylation is 3. The zero-order valence-electron chi connectivity index (χ0n) is 18.0. The van der Waals surface area contributed by atoms with Crippen LogP contribution in [-0.4, -0.2) is 25.7 Å². The summed E-state index contributed by atoms with van der Waals surface area (Å²) in [7, 11) is -3.79. The first kappa shape index (κ1) is 23.3. The molecule has 29 heavy (non-hydrogen) atoms. The second-order valence-corrected chi connectivity index (χ2v) is 9.84. The SMILES string of the molecule is Cc1cc(C)c(S(=O)(=O)N[C@H](Cc2ccccc2)[C@H](O)/C=C/CC(C)C)c(C)c1. The van der Waals surface area contributed by atoms with Gasteiger partial charge in [-0.05, 0) is 56.2 Å². The van der Waals surface area contributed by atoms with Crippen LogP contribution in [0.1, 0.15) is 42.5 Å². The van der Waals surface area contributed by atoms with Gasteiger partial charge in [0, 0.05) is 0 Å². The molecule has 0 radical (unpaired) electrons. The molecule has 0 fully saturated rings. The van der Waals surface area contributed by atoms with E-state index < -0.39 is 22.2 Å². The molecule has 0 saturated heterocycles. The van der Waals surface area contributed by atoms with Gasteiger partial charge in [-0.25, -0.2) is 13.1 Å². The zero-order valence-corrected chi connectivity index (χ0v) is 18.8. The van der Waals surface area contributed by atoms with Gasteiger partial charge in [-0.2, -0.15) is 0 Å². The Morgan fingerprint density at radius 3 is 2.17 bits per heavy atom. The van der Waals surface area contributed by atoms with Crippen LogP contribution in [0.15, 0.2) is 59.5 Å². The van der Waals surface area contributed by atoms with E-state index in [4.69, 9.17) is 0 Å². The number of aliphatic hydroxyl groups excluding tert-OH is 1. The minimum atomic E-state index is -3.79. The largest absolute Gasteiger partial charge is 0.387 e. The van der Waals surface area contributed by atoms with E-state index in [1.54, 1.807) is 19.9 Å². The maximum Gasteiger partial charge on any atom is 0.241 e. The molecule has 2 aromatic rings. The fourth-order valence-electron chi connectivity index (χ4n) is 3.57. The molecule has 0 unspecified atom stereocenters. The first-order chi connectivity index (χ1) is 13.6. The van der Waals surface area contributed by atoms with Crippen LogP contribution in [-0.2, 0) is 16.4 Å². The summed E-state index contributed by atoms with van der Waals surface area (Å²) in [4.78, 5) is 0.291. The smallest absolute Gasteiger partial charge is 0.241 e. The summed E-state index contributed by atoms with van der Waals surface area (Å²) in [5, 5.41) is 10.8. The van der Waals surface area contributed by atoms with Crippen LogP contribution in [0.2, 0.25) is 0 Å². The molecule has 0 aliphatic heterocycles. The molecule has 0 spiro atoms. The Labute approximate surface area is 175 Å². The zero-order chi connectivity index (χ0) is 21.6.